The highest BCUT2D eigenvalue weighted by Crippen LogP contribution is 2.31. The normalized spacial score (nSPS) is 16.9. The van der Waals surface area contributed by atoms with Crippen LogP contribution in [-0.2, 0) is 7.05 Å². The summed E-state index contributed by atoms with van der Waals surface area (Å²) in [5.74, 6) is -0.0862. The summed E-state index contributed by atoms with van der Waals surface area (Å²) >= 11 is 0. The summed E-state index contributed by atoms with van der Waals surface area (Å²) in [6.45, 7) is 4.14. The predicted octanol–water partition coefficient (Wildman–Crippen LogP) is 1.96. The topological polar surface area (TPSA) is 71.2 Å². The molecular formula is C17H24N4O2. The summed E-state index contributed by atoms with van der Waals surface area (Å²) < 4.78 is 1.71. The standard InChI is InChI=1S/C17H24N4O2/c1-11-9-13(14-12(2)19-21(4)15(14)18-11)16(22)20(3)10-17(23)7-5-6-8-17/h9,23H,5-8,10H2,1-4H3. The molecule has 0 unspecified atom stereocenters. The van der Waals surface area contributed by atoms with Crippen LogP contribution in [0.1, 0.15) is 47.4 Å². The minimum absolute atomic E-state index is 0.0862. The second-order valence-electron chi connectivity index (χ2n) is 6.81. The van der Waals surface area contributed by atoms with Crippen molar-refractivity contribution in [3.8, 4) is 0 Å². The monoisotopic (exact) mass is 316 g/mol. The number of aryl methyl sites for hydroxylation is 3. The number of aromatic nitrogens is 3. The molecule has 124 valence electrons. The number of aliphatic hydroxyl groups is 1. The second-order valence-corrected chi connectivity index (χ2v) is 6.81. The van der Waals surface area contributed by atoms with Gasteiger partial charge in [-0.15, -0.1) is 0 Å². The Kier molecular flexibility index (Phi) is 3.88. The Bertz CT molecular complexity index is 760. The Morgan fingerprint density at radius 1 is 1.39 bits per heavy atom. The van der Waals surface area contributed by atoms with Gasteiger partial charge in [0.25, 0.3) is 5.91 Å². The average molecular weight is 316 g/mol. The molecule has 1 saturated carbocycles. The summed E-state index contributed by atoms with van der Waals surface area (Å²) in [7, 11) is 3.59. The maximum absolute atomic E-state index is 13.0. The first-order valence-corrected chi connectivity index (χ1v) is 8.09. The molecule has 3 rings (SSSR count). The van der Waals surface area contributed by atoms with E-state index in [0.717, 1.165) is 48.1 Å². The van der Waals surface area contributed by atoms with Crippen LogP contribution in [0, 0.1) is 13.8 Å². The van der Waals surface area contributed by atoms with Crippen LogP contribution in [0.5, 0.6) is 0 Å². The third-order valence-electron chi connectivity index (χ3n) is 4.74. The fraction of sp³-hybridized carbons (Fsp3) is 0.588. The third-order valence-corrected chi connectivity index (χ3v) is 4.74. The highest BCUT2D eigenvalue weighted by molar-refractivity contribution is 6.06. The van der Waals surface area contributed by atoms with Crippen LogP contribution in [0.25, 0.3) is 11.0 Å². The maximum atomic E-state index is 13.0. The third kappa shape index (κ3) is 2.83. The van der Waals surface area contributed by atoms with E-state index in [2.05, 4.69) is 10.1 Å². The van der Waals surface area contributed by atoms with E-state index in [4.69, 9.17) is 0 Å². The summed E-state index contributed by atoms with van der Waals surface area (Å²) in [6.07, 6.45) is 3.58. The number of amides is 1. The van der Waals surface area contributed by atoms with Crippen LogP contribution in [0.2, 0.25) is 0 Å². The van der Waals surface area contributed by atoms with Crippen molar-refractivity contribution in [2.24, 2.45) is 7.05 Å². The van der Waals surface area contributed by atoms with Crippen molar-refractivity contribution in [1.82, 2.24) is 19.7 Å². The van der Waals surface area contributed by atoms with E-state index in [0.29, 0.717) is 12.1 Å². The molecule has 0 aliphatic heterocycles. The van der Waals surface area contributed by atoms with Gasteiger partial charge < -0.3 is 10.0 Å². The number of hydrogen-bond acceptors (Lipinski definition) is 4. The number of likely N-dealkylation sites (N-methyl/N-ethyl adjacent to an activating group) is 1. The Balaban J connectivity index is 1.97. The SMILES string of the molecule is Cc1cc(C(=O)N(C)CC2(O)CCCC2)c2c(C)nn(C)c2n1. The van der Waals surface area contributed by atoms with Gasteiger partial charge in [-0.2, -0.15) is 5.10 Å². The van der Waals surface area contributed by atoms with Crippen molar-refractivity contribution in [3.63, 3.8) is 0 Å². The zero-order valence-electron chi connectivity index (χ0n) is 14.3. The van der Waals surface area contributed by atoms with Crippen LogP contribution >= 0.6 is 0 Å². The van der Waals surface area contributed by atoms with Crippen molar-refractivity contribution in [2.75, 3.05) is 13.6 Å². The summed E-state index contributed by atoms with van der Waals surface area (Å²) in [5, 5.41) is 15.7. The first kappa shape index (κ1) is 15.9. The Morgan fingerprint density at radius 3 is 2.70 bits per heavy atom. The molecule has 0 aromatic carbocycles. The smallest absolute Gasteiger partial charge is 0.254 e. The molecular weight excluding hydrogens is 292 g/mol. The van der Waals surface area contributed by atoms with Crippen molar-refractivity contribution in [3.05, 3.63) is 23.0 Å². The fourth-order valence-electron chi connectivity index (χ4n) is 3.65. The largest absolute Gasteiger partial charge is 0.388 e. The molecule has 6 nitrogen and oxygen atoms in total. The molecule has 0 radical (unpaired) electrons. The molecule has 6 heteroatoms. The fourth-order valence-corrected chi connectivity index (χ4v) is 3.65. The van der Waals surface area contributed by atoms with Gasteiger partial charge in [0.05, 0.1) is 22.2 Å². The van der Waals surface area contributed by atoms with Gasteiger partial charge in [0, 0.05) is 26.3 Å². The van der Waals surface area contributed by atoms with E-state index in [1.165, 1.54) is 0 Å². The average Bonchev–Trinajstić information content (AvgIpc) is 3.02. The maximum Gasteiger partial charge on any atom is 0.254 e. The summed E-state index contributed by atoms with van der Waals surface area (Å²) in [4.78, 5) is 19.1. The second kappa shape index (κ2) is 5.60. The van der Waals surface area contributed by atoms with Crippen molar-refractivity contribution < 1.29 is 9.90 Å². The molecule has 23 heavy (non-hydrogen) atoms. The van der Waals surface area contributed by atoms with Crippen LogP contribution in [0.3, 0.4) is 0 Å². The molecule has 0 bridgehead atoms. The number of carbonyl (C=O) groups is 1. The van der Waals surface area contributed by atoms with Gasteiger partial charge >= 0.3 is 0 Å². The summed E-state index contributed by atoms with van der Waals surface area (Å²) in [5.41, 5.74) is 2.18. The molecule has 1 N–H and O–H groups in total. The van der Waals surface area contributed by atoms with E-state index in [1.54, 1.807) is 16.6 Å². The minimum Gasteiger partial charge on any atom is -0.388 e. The van der Waals surface area contributed by atoms with Crippen LogP contribution in [-0.4, -0.2) is 49.9 Å². The van der Waals surface area contributed by atoms with E-state index in [1.807, 2.05) is 27.0 Å². The first-order valence-electron chi connectivity index (χ1n) is 8.09. The number of carbonyl (C=O) groups excluding carboxylic acids is 1. The van der Waals surface area contributed by atoms with Crippen LogP contribution in [0.4, 0.5) is 0 Å². The molecule has 1 fully saturated rings. The molecule has 0 atom stereocenters. The van der Waals surface area contributed by atoms with Crippen molar-refractivity contribution >= 4 is 16.9 Å². The summed E-state index contributed by atoms with van der Waals surface area (Å²) in [6, 6.07) is 1.81. The van der Waals surface area contributed by atoms with Gasteiger partial charge in [0.1, 0.15) is 0 Å². The van der Waals surface area contributed by atoms with Gasteiger partial charge in [-0.05, 0) is 32.8 Å². The molecule has 2 aromatic rings. The zero-order valence-corrected chi connectivity index (χ0v) is 14.3. The zero-order chi connectivity index (χ0) is 16.8. The highest BCUT2D eigenvalue weighted by atomic mass is 16.3. The van der Waals surface area contributed by atoms with Crippen LogP contribution < -0.4 is 0 Å². The van der Waals surface area contributed by atoms with Crippen molar-refractivity contribution in [2.45, 2.75) is 45.1 Å². The predicted molar refractivity (Wildman–Crippen MR) is 88.4 cm³/mol. The van der Waals surface area contributed by atoms with Gasteiger partial charge in [-0.1, -0.05) is 12.8 Å². The molecule has 1 amide bonds. The first-order chi connectivity index (χ1) is 10.8. The van der Waals surface area contributed by atoms with Gasteiger partial charge in [0.2, 0.25) is 0 Å². The number of pyridine rings is 1. The van der Waals surface area contributed by atoms with Crippen LogP contribution in [0.15, 0.2) is 6.07 Å². The Labute approximate surface area is 136 Å². The number of fused-ring (bicyclic) bond motifs is 1. The van der Waals surface area contributed by atoms with E-state index in [-0.39, 0.29) is 5.91 Å². The molecule has 2 aromatic heterocycles. The van der Waals surface area contributed by atoms with Gasteiger partial charge in [-0.25, -0.2) is 4.98 Å². The lowest BCUT2D eigenvalue weighted by Gasteiger charge is -2.28. The molecule has 0 saturated heterocycles. The molecule has 1 aliphatic carbocycles. The van der Waals surface area contributed by atoms with E-state index in [9.17, 15) is 9.90 Å². The van der Waals surface area contributed by atoms with E-state index < -0.39 is 5.60 Å². The Morgan fingerprint density at radius 2 is 2.04 bits per heavy atom. The molecule has 1 aliphatic rings. The highest BCUT2D eigenvalue weighted by Gasteiger charge is 2.34. The number of rotatable bonds is 3. The van der Waals surface area contributed by atoms with Gasteiger partial charge in [-0.3, -0.25) is 9.48 Å². The van der Waals surface area contributed by atoms with Gasteiger partial charge in [0.15, 0.2) is 5.65 Å². The number of nitrogens with zero attached hydrogens (tertiary/aromatic N) is 4. The quantitative estimate of drug-likeness (QED) is 0.939. The minimum atomic E-state index is -0.740. The van der Waals surface area contributed by atoms with E-state index >= 15 is 0 Å². The molecule has 2 heterocycles. The van der Waals surface area contributed by atoms with Crippen molar-refractivity contribution in [1.29, 1.82) is 0 Å². The lowest BCUT2D eigenvalue weighted by Crippen LogP contribution is -2.42. The lowest BCUT2D eigenvalue weighted by atomic mass is 10.0. The lowest BCUT2D eigenvalue weighted by molar-refractivity contribution is 0.0157. The number of hydrogen-bond donors (Lipinski definition) is 1. The Hall–Kier alpha value is -1.95. The molecule has 0 spiro atoms.